The molecular weight excluding hydrogens is 249 g/mol. The van der Waals surface area contributed by atoms with Crippen molar-refractivity contribution in [3.8, 4) is 0 Å². The summed E-state index contributed by atoms with van der Waals surface area (Å²) >= 11 is 6.59. The second-order valence-electron chi connectivity index (χ2n) is 1.99. The lowest BCUT2D eigenvalue weighted by atomic mass is 10.3. The molecule has 0 aliphatic rings. The average molecular weight is 252 g/mol. The van der Waals surface area contributed by atoms with Gasteiger partial charge in [0.2, 0.25) is 5.82 Å². The number of hydrogen-bond acceptors (Lipinski definition) is 3. The summed E-state index contributed by atoms with van der Waals surface area (Å²) in [5, 5.41) is 10.3. The highest BCUT2D eigenvalue weighted by Crippen LogP contribution is 2.30. The normalized spacial score (nSPS) is 9.92. The molecule has 0 amide bonds. The maximum atomic E-state index is 13.0. The van der Waals surface area contributed by atoms with E-state index in [-0.39, 0.29) is 9.37 Å². The molecule has 0 fully saturated rings. The first-order valence-corrected chi connectivity index (χ1v) is 4.09. The smallest absolute Gasteiger partial charge is 0.258 e. The standard InChI is InChI=1S/C6H3BrFNO2S/c7-3-1-2-4(12)6(5(3)8)9(10)11/h1-2,12H. The Morgan fingerprint density at radius 3 is 2.58 bits per heavy atom. The molecule has 1 aromatic rings. The Bertz CT molecular complexity index is 345. The van der Waals surface area contributed by atoms with Crippen molar-refractivity contribution in [1.82, 2.24) is 0 Å². The van der Waals surface area contributed by atoms with Crippen LogP contribution in [0, 0.1) is 15.9 Å². The van der Waals surface area contributed by atoms with Crippen molar-refractivity contribution in [2.75, 3.05) is 0 Å². The third-order valence-corrected chi connectivity index (χ3v) is 2.20. The Kier molecular flexibility index (Phi) is 2.69. The van der Waals surface area contributed by atoms with Gasteiger partial charge in [-0.25, -0.2) is 0 Å². The van der Waals surface area contributed by atoms with Gasteiger partial charge in [0.1, 0.15) is 0 Å². The number of rotatable bonds is 1. The number of nitro benzene ring substituents is 1. The lowest BCUT2D eigenvalue weighted by Gasteiger charge is -1.98. The molecule has 3 nitrogen and oxygen atoms in total. The van der Waals surface area contributed by atoms with Gasteiger partial charge in [-0.15, -0.1) is 12.6 Å². The fourth-order valence-electron chi connectivity index (χ4n) is 0.703. The van der Waals surface area contributed by atoms with E-state index in [1.807, 2.05) is 0 Å². The van der Waals surface area contributed by atoms with E-state index in [1.165, 1.54) is 12.1 Å². The van der Waals surface area contributed by atoms with Crippen molar-refractivity contribution in [3.05, 3.63) is 32.5 Å². The molecule has 0 heterocycles. The van der Waals surface area contributed by atoms with E-state index in [1.54, 1.807) is 0 Å². The third kappa shape index (κ3) is 1.59. The minimum Gasteiger partial charge on any atom is -0.258 e. The predicted octanol–water partition coefficient (Wildman–Crippen LogP) is 2.79. The number of nitrogens with zero attached hydrogens (tertiary/aromatic N) is 1. The molecule has 0 saturated carbocycles. The highest BCUT2D eigenvalue weighted by molar-refractivity contribution is 9.10. The summed E-state index contributed by atoms with van der Waals surface area (Å²) in [5.74, 6) is -0.896. The zero-order valence-corrected chi connectivity index (χ0v) is 8.10. The molecule has 0 unspecified atom stereocenters. The number of nitro groups is 1. The zero-order chi connectivity index (χ0) is 9.30. The SMILES string of the molecule is O=[N+]([O-])c1c(S)ccc(Br)c1F. The van der Waals surface area contributed by atoms with Crippen molar-refractivity contribution < 1.29 is 9.31 Å². The summed E-state index contributed by atoms with van der Waals surface area (Å²) in [6.07, 6.45) is 0. The van der Waals surface area contributed by atoms with E-state index in [9.17, 15) is 14.5 Å². The number of thiol groups is 1. The van der Waals surface area contributed by atoms with Crippen molar-refractivity contribution >= 4 is 34.2 Å². The number of hydrogen-bond donors (Lipinski definition) is 1. The van der Waals surface area contributed by atoms with Crippen molar-refractivity contribution in [2.24, 2.45) is 0 Å². The Labute approximate surface area is 81.3 Å². The Morgan fingerprint density at radius 1 is 1.58 bits per heavy atom. The van der Waals surface area contributed by atoms with Crippen LogP contribution in [0.25, 0.3) is 0 Å². The van der Waals surface area contributed by atoms with E-state index < -0.39 is 16.4 Å². The van der Waals surface area contributed by atoms with Gasteiger partial charge in [0.25, 0.3) is 0 Å². The summed E-state index contributed by atoms with van der Waals surface area (Å²) in [6.45, 7) is 0. The van der Waals surface area contributed by atoms with E-state index in [0.29, 0.717) is 0 Å². The van der Waals surface area contributed by atoms with Crippen LogP contribution < -0.4 is 0 Å². The van der Waals surface area contributed by atoms with Crippen LogP contribution in [0.3, 0.4) is 0 Å². The maximum absolute atomic E-state index is 13.0. The van der Waals surface area contributed by atoms with Crippen molar-refractivity contribution in [3.63, 3.8) is 0 Å². The van der Waals surface area contributed by atoms with E-state index >= 15 is 0 Å². The van der Waals surface area contributed by atoms with Crippen molar-refractivity contribution in [1.29, 1.82) is 0 Å². The van der Waals surface area contributed by atoms with Crippen LogP contribution >= 0.6 is 28.6 Å². The fraction of sp³-hybridized carbons (Fsp3) is 0. The van der Waals surface area contributed by atoms with Gasteiger partial charge >= 0.3 is 5.69 Å². The molecule has 6 heteroatoms. The molecule has 0 atom stereocenters. The molecule has 1 aromatic carbocycles. The summed E-state index contributed by atoms with van der Waals surface area (Å²) in [5.41, 5.74) is -0.604. The number of benzene rings is 1. The second-order valence-corrected chi connectivity index (χ2v) is 3.32. The molecule has 0 radical (unpaired) electrons. The first-order chi connectivity index (χ1) is 5.54. The molecule has 64 valence electrons. The lowest BCUT2D eigenvalue weighted by molar-refractivity contribution is -0.390. The van der Waals surface area contributed by atoms with Crippen LogP contribution in [0.15, 0.2) is 21.5 Å². The van der Waals surface area contributed by atoms with Gasteiger partial charge < -0.3 is 0 Å². The molecule has 0 N–H and O–H groups in total. The molecule has 12 heavy (non-hydrogen) atoms. The molecular formula is C6H3BrFNO2S. The monoisotopic (exact) mass is 251 g/mol. The maximum Gasteiger partial charge on any atom is 0.319 e. The first kappa shape index (κ1) is 9.47. The Hall–Kier alpha value is -0.620. The minimum atomic E-state index is -0.896. The Balaban J connectivity index is 3.43. The van der Waals surface area contributed by atoms with Crippen LogP contribution in [0.4, 0.5) is 10.1 Å². The van der Waals surface area contributed by atoms with Gasteiger partial charge in [0.05, 0.1) is 14.3 Å². The molecule has 0 bridgehead atoms. The van der Waals surface area contributed by atoms with Gasteiger partial charge in [-0.3, -0.25) is 10.1 Å². The predicted molar refractivity (Wildman–Crippen MR) is 48.0 cm³/mol. The van der Waals surface area contributed by atoms with Gasteiger partial charge in [-0.05, 0) is 28.1 Å². The summed E-state index contributed by atoms with van der Waals surface area (Å²) in [4.78, 5) is 9.50. The van der Waals surface area contributed by atoms with E-state index in [0.717, 1.165) is 0 Å². The first-order valence-electron chi connectivity index (χ1n) is 2.85. The quantitative estimate of drug-likeness (QED) is 0.474. The summed E-state index contributed by atoms with van der Waals surface area (Å²) in [7, 11) is 0. The van der Waals surface area contributed by atoms with Crippen molar-refractivity contribution in [2.45, 2.75) is 4.90 Å². The van der Waals surface area contributed by atoms with Crippen LogP contribution in [0.5, 0.6) is 0 Å². The van der Waals surface area contributed by atoms with Crippen LogP contribution in [-0.4, -0.2) is 4.92 Å². The largest absolute Gasteiger partial charge is 0.319 e. The number of halogens is 2. The van der Waals surface area contributed by atoms with Gasteiger partial charge in [-0.1, -0.05) is 0 Å². The minimum absolute atomic E-state index is 0.0145. The second kappa shape index (κ2) is 3.40. The highest BCUT2D eigenvalue weighted by Gasteiger charge is 2.20. The topological polar surface area (TPSA) is 43.1 Å². The zero-order valence-electron chi connectivity index (χ0n) is 5.62. The van der Waals surface area contributed by atoms with E-state index in [2.05, 4.69) is 28.6 Å². The fourth-order valence-corrected chi connectivity index (χ4v) is 1.28. The summed E-state index contributed by atoms with van der Waals surface area (Å²) < 4.78 is 13.0. The average Bonchev–Trinajstić information content (AvgIpc) is 1.97. The van der Waals surface area contributed by atoms with Crippen LogP contribution in [0.1, 0.15) is 0 Å². The Morgan fingerprint density at radius 2 is 2.17 bits per heavy atom. The molecule has 0 spiro atoms. The molecule has 0 saturated heterocycles. The third-order valence-electron chi connectivity index (χ3n) is 1.23. The van der Waals surface area contributed by atoms with Gasteiger partial charge in [-0.2, -0.15) is 4.39 Å². The van der Waals surface area contributed by atoms with Crippen LogP contribution in [0.2, 0.25) is 0 Å². The molecule has 0 aliphatic carbocycles. The lowest BCUT2D eigenvalue weighted by Crippen LogP contribution is -1.94. The van der Waals surface area contributed by atoms with Crippen LogP contribution in [-0.2, 0) is 0 Å². The molecule has 0 aromatic heterocycles. The van der Waals surface area contributed by atoms with Gasteiger partial charge in [0.15, 0.2) is 0 Å². The van der Waals surface area contributed by atoms with Gasteiger partial charge in [0, 0.05) is 0 Å². The molecule has 1 rings (SSSR count). The molecule has 0 aliphatic heterocycles. The summed E-state index contributed by atoms with van der Waals surface area (Å²) in [6, 6.07) is 2.72. The highest BCUT2D eigenvalue weighted by atomic mass is 79.9. The van der Waals surface area contributed by atoms with E-state index in [4.69, 9.17) is 0 Å².